The standard InChI is InChI=1S/C16H19F2N3O2/c1-9(10-7-19-8-10)15(22)20-13-5-6-21(16(13)23)14-11(17)3-2-4-12(14)18/h2-4,9-10,13,19H,5-8H2,1H3,(H,20,22). The minimum Gasteiger partial charge on any atom is -0.344 e. The van der Waals surface area contributed by atoms with Gasteiger partial charge in [0.15, 0.2) is 0 Å². The zero-order valence-corrected chi connectivity index (χ0v) is 12.8. The Morgan fingerprint density at radius 1 is 1.35 bits per heavy atom. The van der Waals surface area contributed by atoms with Gasteiger partial charge in [-0.15, -0.1) is 0 Å². The molecular weight excluding hydrogens is 304 g/mol. The van der Waals surface area contributed by atoms with E-state index in [9.17, 15) is 18.4 Å². The van der Waals surface area contributed by atoms with E-state index in [1.807, 2.05) is 6.92 Å². The van der Waals surface area contributed by atoms with Gasteiger partial charge in [0.05, 0.1) is 0 Å². The van der Waals surface area contributed by atoms with Crippen LogP contribution in [-0.4, -0.2) is 37.5 Å². The molecule has 1 aromatic rings. The Morgan fingerprint density at radius 3 is 2.57 bits per heavy atom. The molecule has 0 saturated carbocycles. The van der Waals surface area contributed by atoms with Gasteiger partial charge in [-0.25, -0.2) is 8.78 Å². The molecule has 3 rings (SSSR count). The Morgan fingerprint density at radius 2 is 2.00 bits per heavy atom. The number of benzene rings is 1. The van der Waals surface area contributed by atoms with Gasteiger partial charge in [-0.2, -0.15) is 0 Å². The summed E-state index contributed by atoms with van der Waals surface area (Å²) in [5.74, 6) is -2.14. The number of nitrogens with zero attached hydrogens (tertiary/aromatic N) is 1. The number of halogens is 2. The lowest BCUT2D eigenvalue weighted by Crippen LogP contribution is -2.52. The summed E-state index contributed by atoms with van der Waals surface area (Å²) in [4.78, 5) is 25.7. The van der Waals surface area contributed by atoms with Gasteiger partial charge in [0.1, 0.15) is 23.4 Å². The van der Waals surface area contributed by atoms with Crippen molar-refractivity contribution in [2.24, 2.45) is 11.8 Å². The summed E-state index contributed by atoms with van der Waals surface area (Å²) in [6.45, 7) is 3.59. The zero-order chi connectivity index (χ0) is 16.6. The predicted octanol–water partition coefficient (Wildman–Crippen LogP) is 1.04. The first-order valence-corrected chi connectivity index (χ1v) is 7.75. The molecule has 124 valence electrons. The summed E-state index contributed by atoms with van der Waals surface area (Å²) in [5.41, 5.74) is -0.342. The molecule has 0 bridgehead atoms. The van der Waals surface area contributed by atoms with Crippen LogP contribution in [0.1, 0.15) is 13.3 Å². The molecule has 7 heteroatoms. The smallest absolute Gasteiger partial charge is 0.249 e. The maximum atomic E-state index is 13.8. The average molecular weight is 323 g/mol. The van der Waals surface area contributed by atoms with Crippen LogP contribution in [0, 0.1) is 23.5 Å². The number of nitrogens with one attached hydrogen (secondary N) is 2. The molecular formula is C16H19F2N3O2. The maximum Gasteiger partial charge on any atom is 0.249 e. The number of para-hydroxylation sites is 1. The Balaban J connectivity index is 1.68. The van der Waals surface area contributed by atoms with Crippen molar-refractivity contribution in [3.05, 3.63) is 29.8 Å². The van der Waals surface area contributed by atoms with Crippen molar-refractivity contribution in [1.29, 1.82) is 0 Å². The summed E-state index contributed by atoms with van der Waals surface area (Å²) in [5, 5.41) is 5.82. The lowest BCUT2D eigenvalue weighted by Gasteiger charge is -2.32. The fraction of sp³-hybridized carbons (Fsp3) is 0.500. The summed E-state index contributed by atoms with van der Waals surface area (Å²) in [6, 6.07) is 2.76. The Labute approximate surface area is 133 Å². The summed E-state index contributed by atoms with van der Waals surface area (Å²) >= 11 is 0. The van der Waals surface area contributed by atoms with Crippen LogP contribution in [-0.2, 0) is 9.59 Å². The number of hydrogen-bond acceptors (Lipinski definition) is 3. The molecule has 23 heavy (non-hydrogen) atoms. The summed E-state index contributed by atoms with van der Waals surface area (Å²) in [7, 11) is 0. The Kier molecular flexibility index (Phi) is 4.30. The van der Waals surface area contributed by atoms with Gasteiger partial charge in [0.25, 0.3) is 0 Å². The van der Waals surface area contributed by atoms with Gasteiger partial charge in [0, 0.05) is 12.5 Å². The third-order valence-electron chi connectivity index (χ3n) is 4.66. The van der Waals surface area contributed by atoms with E-state index in [2.05, 4.69) is 10.6 Å². The van der Waals surface area contributed by atoms with Crippen molar-refractivity contribution in [3.8, 4) is 0 Å². The second kappa shape index (κ2) is 6.23. The first kappa shape index (κ1) is 15.9. The van der Waals surface area contributed by atoms with Crippen LogP contribution in [0.2, 0.25) is 0 Å². The number of anilines is 1. The van der Waals surface area contributed by atoms with Crippen LogP contribution in [0.15, 0.2) is 18.2 Å². The lowest BCUT2D eigenvalue weighted by atomic mass is 9.88. The van der Waals surface area contributed by atoms with Gasteiger partial charge in [-0.3, -0.25) is 9.59 Å². The van der Waals surface area contributed by atoms with Crippen LogP contribution < -0.4 is 15.5 Å². The van der Waals surface area contributed by atoms with Crippen molar-refractivity contribution in [2.75, 3.05) is 24.5 Å². The third kappa shape index (κ3) is 2.93. The highest BCUT2D eigenvalue weighted by Crippen LogP contribution is 2.28. The molecule has 2 fully saturated rings. The second-order valence-electron chi connectivity index (χ2n) is 6.12. The maximum absolute atomic E-state index is 13.8. The fourth-order valence-corrected chi connectivity index (χ4v) is 2.96. The number of carbonyl (C=O) groups is 2. The van der Waals surface area contributed by atoms with Crippen LogP contribution in [0.4, 0.5) is 14.5 Å². The van der Waals surface area contributed by atoms with E-state index >= 15 is 0 Å². The molecule has 2 N–H and O–H groups in total. The van der Waals surface area contributed by atoms with E-state index < -0.39 is 23.6 Å². The van der Waals surface area contributed by atoms with Crippen molar-refractivity contribution in [3.63, 3.8) is 0 Å². The minimum absolute atomic E-state index is 0.182. The van der Waals surface area contributed by atoms with Crippen molar-refractivity contribution in [1.82, 2.24) is 10.6 Å². The zero-order valence-electron chi connectivity index (χ0n) is 12.8. The van der Waals surface area contributed by atoms with Crippen molar-refractivity contribution in [2.45, 2.75) is 19.4 Å². The molecule has 2 amide bonds. The molecule has 0 aromatic heterocycles. The van der Waals surface area contributed by atoms with Crippen LogP contribution >= 0.6 is 0 Å². The monoisotopic (exact) mass is 323 g/mol. The van der Waals surface area contributed by atoms with Gasteiger partial charge in [-0.05, 0) is 37.6 Å². The van der Waals surface area contributed by atoms with E-state index in [1.54, 1.807) is 0 Å². The average Bonchev–Trinajstić information content (AvgIpc) is 2.78. The van der Waals surface area contributed by atoms with Gasteiger partial charge in [0.2, 0.25) is 11.8 Å². The molecule has 0 radical (unpaired) electrons. The molecule has 2 atom stereocenters. The van der Waals surface area contributed by atoms with E-state index in [-0.39, 0.29) is 30.0 Å². The molecule has 0 aliphatic carbocycles. The quantitative estimate of drug-likeness (QED) is 0.870. The molecule has 2 aliphatic rings. The largest absolute Gasteiger partial charge is 0.344 e. The topological polar surface area (TPSA) is 61.4 Å². The van der Waals surface area contributed by atoms with Crippen molar-refractivity contribution < 1.29 is 18.4 Å². The third-order valence-corrected chi connectivity index (χ3v) is 4.66. The van der Waals surface area contributed by atoms with Crippen LogP contribution in [0.3, 0.4) is 0 Å². The molecule has 5 nitrogen and oxygen atoms in total. The highest BCUT2D eigenvalue weighted by molar-refractivity contribution is 6.01. The lowest BCUT2D eigenvalue weighted by molar-refractivity contribution is -0.130. The summed E-state index contributed by atoms with van der Waals surface area (Å²) < 4.78 is 27.6. The number of hydrogen-bond donors (Lipinski definition) is 2. The Hall–Kier alpha value is -2.02. The number of rotatable bonds is 4. The Bertz CT molecular complexity index is 614. The molecule has 2 unspecified atom stereocenters. The SMILES string of the molecule is CC(C(=O)NC1CCN(c2c(F)cccc2F)C1=O)C1CNC1. The fourth-order valence-electron chi connectivity index (χ4n) is 2.96. The molecule has 2 heterocycles. The van der Waals surface area contributed by atoms with Gasteiger partial charge < -0.3 is 15.5 Å². The van der Waals surface area contributed by atoms with Gasteiger partial charge >= 0.3 is 0 Å². The van der Waals surface area contributed by atoms with E-state index in [1.165, 1.54) is 6.07 Å². The highest BCUT2D eigenvalue weighted by atomic mass is 19.1. The number of carbonyl (C=O) groups excluding carboxylic acids is 2. The minimum atomic E-state index is -0.778. The molecule has 1 aromatic carbocycles. The molecule has 2 saturated heterocycles. The summed E-state index contributed by atoms with van der Waals surface area (Å²) in [6.07, 6.45) is 0.341. The van der Waals surface area contributed by atoms with E-state index in [0.717, 1.165) is 30.1 Å². The first-order chi connectivity index (χ1) is 11.0. The van der Waals surface area contributed by atoms with E-state index in [4.69, 9.17) is 0 Å². The number of amides is 2. The van der Waals surface area contributed by atoms with Gasteiger partial charge in [-0.1, -0.05) is 13.0 Å². The predicted molar refractivity (Wildman–Crippen MR) is 80.8 cm³/mol. The molecule has 0 spiro atoms. The highest BCUT2D eigenvalue weighted by Gasteiger charge is 2.38. The normalized spacial score (nSPS) is 22.8. The van der Waals surface area contributed by atoms with Crippen LogP contribution in [0.25, 0.3) is 0 Å². The second-order valence-corrected chi connectivity index (χ2v) is 6.12. The van der Waals surface area contributed by atoms with E-state index in [0.29, 0.717) is 6.42 Å². The first-order valence-electron chi connectivity index (χ1n) is 7.75. The molecule has 2 aliphatic heterocycles. The van der Waals surface area contributed by atoms with Crippen LogP contribution in [0.5, 0.6) is 0 Å². The van der Waals surface area contributed by atoms with Crippen molar-refractivity contribution >= 4 is 17.5 Å².